The van der Waals surface area contributed by atoms with Crippen LogP contribution in [0.4, 0.5) is 0 Å². The first-order valence-electron chi connectivity index (χ1n) is 7.79. The number of carbonyl (C=O) groups is 1. The van der Waals surface area contributed by atoms with Crippen molar-refractivity contribution in [2.45, 2.75) is 19.4 Å². The molecule has 0 unspecified atom stereocenters. The number of rotatable bonds is 5. The summed E-state index contributed by atoms with van der Waals surface area (Å²) in [6.07, 6.45) is 4.40. The van der Waals surface area contributed by atoms with E-state index in [4.69, 9.17) is 0 Å². The van der Waals surface area contributed by atoms with Crippen molar-refractivity contribution in [2.75, 3.05) is 0 Å². The van der Waals surface area contributed by atoms with Crippen LogP contribution in [-0.2, 0) is 11.2 Å². The van der Waals surface area contributed by atoms with E-state index in [0.717, 1.165) is 16.8 Å². The lowest BCUT2D eigenvalue weighted by molar-refractivity contribution is -0.121. The summed E-state index contributed by atoms with van der Waals surface area (Å²) in [7, 11) is 0. The molecule has 3 rings (SSSR count). The molecule has 1 amide bonds. The van der Waals surface area contributed by atoms with Crippen LogP contribution < -0.4 is 5.32 Å². The predicted octanol–water partition coefficient (Wildman–Crippen LogP) is 3.90. The Labute approximate surface area is 136 Å². The van der Waals surface area contributed by atoms with E-state index in [1.54, 1.807) is 0 Å². The molecule has 0 aliphatic heterocycles. The number of benzene rings is 2. The average Bonchev–Trinajstić information content (AvgIpc) is 3.11. The standard InChI is InChI=1S/C20H20N2O/c1-16(18-7-3-2-4-8-18)21-20(23)15-17-9-11-19(12-10-17)22-13-5-6-14-22/h2-14,16H,15H2,1H3,(H,21,23)/t16-/m0/s1. The molecule has 23 heavy (non-hydrogen) atoms. The van der Waals surface area contributed by atoms with Gasteiger partial charge in [0.05, 0.1) is 12.5 Å². The largest absolute Gasteiger partial charge is 0.349 e. The number of nitrogens with zero attached hydrogens (tertiary/aromatic N) is 1. The normalized spacial score (nSPS) is 11.9. The molecule has 116 valence electrons. The predicted molar refractivity (Wildman–Crippen MR) is 92.5 cm³/mol. The molecule has 0 fully saturated rings. The summed E-state index contributed by atoms with van der Waals surface area (Å²) >= 11 is 0. The van der Waals surface area contributed by atoms with Crippen LogP contribution in [0.1, 0.15) is 24.1 Å². The first-order chi connectivity index (χ1) is 11.2. The zero-order valence-electron chi connectivity index (χ0n) is 13.1. The van der Waals surface area contributed by atoms with E-state index in [1.807, 2.05) is 90.6 Å². The van der Waals surface area contributed by atoms with Crippen molar-refractivity contribution < 1.29 is 4.79 Å². The summed E-state index contributed by atoms with van der Waals surface area (Å²) in [5.41, 5.74) is 3.22. The van der Waals surface area contributed by atoms with Crippen LogP contribution in [0.5, 0.6) is 0 Å². The third kappa shape index (κ3) is 3.89. The van der Waals surface area contributed by atoms with Crippen molar-refractivity contribution in [1.82, 2.24) is 9.88 Å². The number of hydrogen-bond acceptors (Lipinski definition) is 1. The van der Waals surface area contributed by atoms with Crippen molar-refractivity contribution in [3.05, 3.63) is 90.3 Å². The van der Waals surface area contributed by atoms with Crippen LogP contribution in [0.3, 0.4) is 0 Å². The minimum atomic E-state index is 0.0165. The molecule has 0 spiro atoms. The van der Waals surface area contributed by atoms with Crippen LogP contribution in [0, 0.1) is 0 Å². The lowest BCUT2D eigenvalue weighted by Crippen LogP contribution is -2.28. The Hall–Kier alpha value is -2.81. The maximum Gasteiger partial charge on any atom is 0.224 e. The maximum atomic E-state index is 12.2. The first kappa shape index (κ1) is 15.1. The second-order valence-corrected chi connectivity index (χ2v) is 5.63. The summed E-state index contributed by atoms with van der Waals surface area (Å²) in [5, 5.41) is 3.04. The van der Waals surface area contributed by atoms with Crippen molar-refractivity contribution in [3.8, 4) is 5.69 Å². The van der Waals surface area contributed by atoms with E-state index >= 15 is 0 Å². The van der Waals surface area contributed by atoms with E-state index < -0.39 is 0 Å². The highest BCUT2D eigenvalue weighted by Gasteiger charge is 2.09. The van der Waals surface area contributed by atoms with Crippen LogP contribution in [0.2, 0.25) is 0 Å². The molecule has 3 nitrogen and oxygen atoms in total. The third-order valence-electron chi connectivity index (χ3n) is 3.88. The third-order valence-corrected chi connectivity index (χ3v) is 3.88. The molecular formula is C20H20N2O. The van der Waals surface area contributed by atoms with Gasteiger partial charge in [-0.3, -0.25) is 4.79 Å². The summed E-state index contributed by atoms with van der Waals surface area (Å²) in [6, 6.07) is 22.1. The van der Waals surface area contributed by atoms with E-state index in [2.05, 4.69) is 5.32 Å². The lowest BCUT2D eigenvalue weighted by atomic mass is 10.1. The molecule has 2 aromatic carbocycles. The molecule has 0 radical (unpaired) electrons. The van der Waals surface area contributed by atoms with E-state index in [-0.39, 0.29) is 11.9 Å². The first-order valence-corrected chi connectivity index (χ1v) is 7.79. The summed E-state index contributed by atoms with van der Waals surface area (Å²) in [6.45, 7) is 2.00. The monoisotopic (exact) mass is 304 g/mol. The van der Waals surface area contributed by atoms with Gasteiger partial charge in [-0.2, -0.15) is 0 Å². The average molecular weight is 304 g/mol. The number of nitrogens with one attached hydrogen (secondary N) is 1. The van der Waals surface area contributed by atoms with Crippen molar-refractivity contribution >= 4 is 5.91 Å². The van der Waals surface area contributed by atoms with Crippen LogP contribution in [0.25, 0.3) is 5.69 Å². The van der Waals surface area contributed by atoms with Gasteiger partial charge in [0.1, 0.15) is 0 Å². The summed E-state index contributed by atoms with van der Waals surface area (Å²) in [4.78, 5) is 12.2. The van der Waals surface area contributed by atoms with Gasteiger partial charge < -0.3 is 9.88 Å². The molecule has 0 aliphatic rings. The van der Waals surface area contributed by atoms with Crippen molar-refractivity contribution in [2.24, 2.45) is 0 Å². The van der Waals surface area contributed by atoms with Gasteiger partial charge in [0.15, 0.2) is 0 Å². The fraction of sp³-hybridized carbons (Fsp3) is 0.150. The number of hydrogen-bond donors (Lipinski definition) is 1. The fourth-order valence-electron chi connectivity index (χ4n) is 2.60. The van der Waals surface area contributed by atoms with Crippen LogP contribution in [0.15, 0.2) is 79.1 Å². The highest BCUT2D eigenvalue weighted by atomic mass is 16.1. The SMILES string of the molecule is C[C@H](NC(=O)Cc1ccc(-n2cccc2)cc1)c1ccccc1. The van der Waals surface area contributed by atoms with E-state index in [1.165, 1.54) is 0 Å². The van der Waals surface area contributed by atoms with Gasteiger partial charge >= 0.3 is 0 Å². The smallest absolute Gasteiger partial charge is 0.224 e. The number of carbonyl (C=O) groups excluding carboxylic acids is 1. The Kier molecular flexibility index (Phi) is 4.57. The molecule has 3 heteroatoms. The van der Waals surface area contributed by atoms with E-state index in [9.17, 15) is 4.79 Å². The van der Waals surface area contributed by atoms with Gasteiger partial charge in [-0.15, -0.1) is 0 Å². The minimum absolute atomic E-state index is 0.0165. The molecule has 1 aromatic heterocycles. The molecule has 0 saturated heterocycles. The Morgan fingerprint density at radius 2 is 1.61 bits per heavy atom. The van der Waals surface area contributed by atoms with Gasteiger partial charge in [0.2, 0.25) is 5.91 Å². The van der Waals surface area contributed by atoms with Crippen molar-refractivity contribution in [1.29, 1.82) is 0 Å². The van der Waals surface area contributed by atoms with Gasteiger partial charge in [-0.25, -0.2) is 0 Å². The highest BCUT2D eigenvalue weighted by Crippen LogP contribution is 2.13. The number of aromatic nitrogens is 1. The van der Waals surface area contributed by atoms with Crippen molar-refractivity contribution in [3.63, 3.8) is 0 Å². The Morgan fingerprint density at radius 3 is 2.26 bits per heavy atom. The Morgan fingerprint density at radius 1 is 0.957 bits per heavy atom. The fourth-order valence-corrected chi connectivity index (χ4v) is 2.60. The van der Waals surface area contributed by atoms with Gasteiger partial charge in [0, 0.05) is 18.1 Å². The Bertz CT molecular complexity index is 746. The Balaban J connectivity index is 1.60. The molecular weight excluding hydrogens is 284 g/mol. The second-order valence-electron chi connectivity index (χ2n) is 5.63. The van der Waals surface area contributed by atoms with E-state index in [0.29, 0.717) is 6.42 Å². The second kappa shape index (κ2) is 6.97. The quantitative estimate of drug-likeness (QED) is 0.762. The molecule has 1 heterocycles. The van der Waals surface area contributed by atoms with Gasteiger partial charge in [0.25, 0.3) is 0 Å². The zero-order valence-corrected chi connectivity index (χ0v) is 13.1. The van der Waals surface area contributed by atoms with Crippen LogP contribution in [-0.4, -0.2) is 10.5 Å². The molecule has 0 bridgehead atoms. The molecule has 1 N–H and O–H groups in total. The maximum absolute atomic E-state index is 12.2. The van der Waals surface area contributed by atoms with Gasteiger partial charge in [-0.05, 0) is 42.3 Å². The molecule has 1 atom stereocenters. The molecule has 0 aliphatic carbocycles. The minimum Gasteiger partial charge on any atom is -0.349 e. The number of amides is 1. The molecule has 0 saturated carbocycles. The summed E-state index contributed by atoms with van der Waals surface area (Å²) < 4.78 is 2.04. The summed E-state index contributed by atoms with van der Waals surface area (Å²) in [5.74, 6) is 0.0371. The highest BCUT2D eigenvalue weighted by molar-refractivity contribution is 5.79. The zero-order chi connectivity index (χ0) is 16.1. The molecule has 3 aromatic rings. The lowest BCUT2D eigenvalue weighted by Gasteiger charge is -2.14. The van der Waals surface area contributed by atoms with Crippen LogP contribution >= 0.6 is 0 Å². The van der Waals surface area contributed by atoms with Gasteiger partial charge in [-0.1, -0.05) is 42.5 Å². The topological polar surface area (TPSA) is 34.0 Å².